The molecule has 0 radical (unpaired) electrons. The summed E-state index contributed by atoms with van der Waals surface area (Å²) in [6, 6.07) is 8.48. The minimum atomic E-state index is 0.321. The lowest BCUT2D eigenvalue weighted by molar-refractivity contribution is 0.0341. The molecule has 1 aliphatic rings. The first-order valence-corrected chi connectivity index (χ1v) is 4.48. The van der Waals surface area contributed by atoms with Crippen molar-refractivity contribution >= 4 is 0 Å². The summed E-state index contributed by atoms with van der Waals surface area (Å²) in [7, 11) is 0. The Labute approximate surface area is 73.4 Å². The molecule has 2 rings (SSSR count). The summed E-state index contributed by atoms with van der Waals surface area (Å²) in [6.45, 7) is 5.19. The van der Waals surface area contributed by atoms with Crippen LogP contribution in [0.5, 0.6) is 0 Å². The van der Waals surface area contributed by atoms with E-state index in [-0.39, 0.29) is 0 Å². The summed E-state index contributed by atoms with van der Waals surface area (Å²) >= 11 is 0. The number of fused-ring (bicyclic) bond motifs is 1. The molecule has 1 aliphatic heterocycles. The summed E-state index contributed by atoms with van der Waals surface area (Å²) < 4.78 is 5.68. The second kappa shape index (κ2) is 2.91. The van der Waals surface area contributed by atoms with Gasteiger partial charge in [0.15, 0.2) is 0 Å². The standard InChI is InChI=1S/C11H14O/c1-8(2)11-10-6-4-3-5-9(10)7-12-11/h3-6,8,11H,7H2,1-2H3/t11-/m1/s1. The fraction of sp³-hybridized carbons (Fsp3) is 0.455. The molecule has 0 spiro atoms. The first-order valence-electron chi connectivity index (χ1n) is 4.48. The molecule has 0 aliphatic carbocycles. The van der Waals surface area contributed by atoms with Crippen LogP contribution < -0.4 is 0 Å². The predicted molar refractivity (Wildman–Crippen MR) is 48.8 cm³/mol. The molecule has 1 nitrogen and oxygen atoms in total. The number of rotatable bonds is 1. The fourth-order valence-corrected chi connectivity index (χ4v) is 1.76. The minimum absolute atomic E-state index is 0.321. The third kappa shape index (κ3) is 1.14. The van der Waals surface area contributed by atoms with E-state index in [1.54, 1.807) is 0 Å². The second-order valence-corrected chi connectivity index (χ2v) is 3.67. The van der Waals surface area contributed by atoms with Gasteiger partial charge in [-0.15, -0.1) is 0 Å². The van der Waals surface area contributed by atoms with E-state index in [1.165, 1.54) is 11.1 Å². The summed E-state index contributed by atoms with van der Waals surface area (Å²) in [6.07, 6.45) is 0.321. The molecule has 0 saturated heterocycles. The van der Waals surface area contributed by atoms with Crippen molar-refractivity contribution in [2.75, 3.05) is 0 Å². The van der Waals surface area contributed by atoms with Crippen LogP contribution in [0.25, 0.3) is 0 Å². The zero-order valence-electron chi connectivity index (χ0n) is 7.58. The highest BCUT2D eigenvalue weighted by Gasteiger charge is 2.24. The van der Waals surface area contributed by atoms with Crippen LogP contribution in [0.3, 0.4) is 0 Å². The molecule has 0 N–H and O–H groups in total. The smallest absolute Gasteiger partial charge is 0.0855 e. The van der Waals surface area contributed by atoms with E-state index in [0.29, 0.717) is 12.0 Å². The average Bonchev–Trinajstić information content (AvgIpc) is 2.47. The Kier molecular flexibility index (Phi) is 1.89. The van der Waals surface area contributed by atoms with Crippen molar-refractivity contribution in [2.24, 2.45) is 5.92 Å². The summed E-state index contributed by atoms with van der Waals surface area (Å²) in [4.78, 5) is 0. The summed E-state index contributed by atoms with van der Waals surface area (Å²) in [5.74, 6) is 0.577. The fourth-order valence-electron chi connectivity index (χ4n) is 1.76. The van der Waals surface area contributed by atoms with Crippen LogP contribution in [0.1, 0.15) is 31.1 Å². The highest BCUT2D eigenvalue weighted by atomic mass is 16.5. The van der Waals surface area contributed by atoms with Crippen LogP contribution >= 0.6 is 0 Å². The Bertz CT molecular complexity index is 278. The Morgan fingerprint density at radius 1 is 1.33 bits per heavy atom. The monoisotopic (exact) mass is 162 g/mol. The molecule has 0 bridgehead atoms. The summed E-state index contributed by atoms with van der Waals surface area (Å²) in [5, 5.41) is 0. The van der Waals surface area contributed by atoms with Gasteiger partial charge in [0.25, 0.3) is 0 Å². The van der Waals surface area contributed by atoms with Gasteiger partial charge in [0.2, 0.25) is 0 Å². The normalized spacial score (nSPS) is 21.4. The second-order valence-electron chi connectivity index (χ2n) is 3.67. The third-order valence-electron chi connectivity index (χ3n) is 2.39. The number of hydrogen-bond donors (Lipinski definition) is 0. The molecule has 12 heavy (non-hydrogen) atoms. The van der Waals surface area contributed by atoms with E-state index in [2.05, 4.69) is 38.1 Å². The van der Waals surface area contributed by atoms with E-state index in [0.717, 1.165) is 6.61 Å². The maximum absolute atomic E-state index is 5.68. The van der Waals surface area contributed by atoms with Gasteiger partial charge in [-0.2, -0.15) is 0 Å². The van der Waals surface area contributed by atoms with Crippen molar-refractivity contribution in [2.45, 2.75) is 26.6 Å². The first-order chi connectivity index (χ1) is 5.79. The topological polar surface area (TPSA) is 9.23 Å². The van der Waals surface area contributed by atoms with Gasteiger partial charge in [-0.1, -0.05) is 38.1 Å². The molecular formula is C11H14O. The molecule has 0 fully saturated rings. The van der Waals surface area contributed by atoms with Crippen molar-refractivity contribution in [3.05, 3.63) is 35.4 Å². The predicted octanol–water partition coefficient (Wildman–Crippen LogP) is 2.91. The van der Waals surface area contributed by atoms with E-state index in [9.17, 15) is 0 Å². The highest BCUT2D eigenvalue weighted by molar-refractivity contribution is 5.31. The van der Waals surface area contributed by atoms with E-state index in [4.69, 9.17) is 4.74 Å². The molecule has 1 heteroatoms. The lowest BCUT2D eigenvalue weighted by Gasteiger charge is -2.14. The van der Waals surface area contributed by atoms with E-state index >= 15 is 0 Å². The molecule has 1 aromatic rings. The van der Waals surface area contributed by atoms with Gasteiger partial charge >= 0.3 is 0 Å². The molecule has 0 saturated carbocycles. The van der Waals surface area contributed by atoms with Gasteiger partial charge < -0.3 is 4.74 Å². The first kappa shape index (κ1) is 7.81. The Balaban J connectivity index is 2.36. The third-order valence-corrected chi connectivity index (χ3v) is 2.39. The zero-order chi connectivity index (χ0) is 8.55. The molecule has 1 heterocycles. The largest absolute Gasteiger partial charge is 0.369 e. The Hall–Kier alpha value is -0.820. The van der Waals surface area contributed by atoms with Crippen molar-refractivity contribution in [1.82, 2.24) is 0 Å². The lowest BCUT2D eigenvalue weighted by atomic mass is 9.98. The quantitative estimate of drug-likeness (QED) is 0.617. The van der Waals surface area contributed by atoms with Crippen molar-refractivity contribution in [1.29, 1.82) is 0 Å². The van der Waals surface area contributed by atoms with Crippen LogP contribution in [0, 0.1) is 5.92 Å². The van der Waals surface area contributed by atoms with Gasteiger partial charge in [-0.3, -0.25) is 0 Å². The Morgan fingerprint density at radius 3 is 2.83 bits per heavy atom. The van der Waals surface area contributed by atoms with Crippen molar-refractivity contribution in [3.63, 3.8) is 0 Å². The maximum Gasteiger partial charge on any atom is 0.0855 e. The zero-order valence-corrected chi connectivity index (χ0v) is 7.58. The van der Waals surface area contributed by atoms with Gasteiger partial charge in [0.05, 0.1) is 12.7 Å². The lowest BCUT2D eigenvalue weighted by Crippen LogP contribution is -2.03. The van der Waals surface area contributed by atoms with Gasteiger partial charge in [0, 0.05) is 0 Å². The number of hydrogen-bond acceptors (Lipinski definition) is 1. The van der Waals surface area contributed by atoms with Crippen molar-refractivity contribution < 1.29 is 4.74 Å². The van der Waals surface area contributed by atoms with Gasteiger partial charge in [-0.25, -0.2) is 0 Å². The van der Waals surface area contributed by atoms with Gasteiger partial charge in [-0.05, 0) is 17.0 Å². The highest BCUT2D eigenvalue weighted by Crippen LogP contribution is 2.35. The molecule has 0 aromatic heterocycles. The van der Waals surface area contributed by atoms with Crippen molar-refractivity contribution in [3.8, 4) is 0 Å². The van der Waals surface area contributed by atoms with Crippen LogP contribution in [0.15, 0.2) is 24.3 Å². The van der Waals surface area contributed by atoms with Crippen LogP contribution in [-0.4, -0.2) is 0 Å². The maximum atomic E-state index is 5.68. The molecule has 0 amide bonds. The molecule has 1 aromatic carbocycles. The number of ether oxygens (including phenoxy) is 1. The van der Waals surface area contributed by atoms with E-state index < -0.39 is 0 Å². The SMILES string of the molecule is CC(C)[C@H]1OCc2ccccc21. The van der Waals surface area contributed by atoms with Crippen LogP contribution in [-0.2, 0) is 11.3 Å². The van der Waals surface area contributed by atoms with Crippen LogP contribution in [0.4, 0.5) is 0 Å². The Morgan fingerprint density at radius 2 is 2.08 bits per heavy atom. The summed E-state index contributed by atoms with van der Waals surface area (Å²) in [5.41, 5.74) is 2.74. The molecule has 0 unspecified atom stereocenters. The average molecular weight is 162 g/mol. The van der Waals surface area contributed by atoms with Gasteiger partial charge in [0.1, 0.15) is 0 Å². The molecule has 1 atom stereocenters. The minimum Gasteiger partial charge on any atom is -0.369 e. The molecular weight excluding hydrogens is 148 g/mol. The van der Waals surface area contributed by atoms with E-state index in [1.807, 2.05) is 0 Å². The van der Waals surface area contributed by atoms with Crippen LogP contribution in [0.2, 0.25) is 0 Å². The molecule has 64 valence electrons. The number of benzene rings is 1.